The Morgan fingerprint density at radius 3 is 2.74 bits per heavy atom. The molecular formula is C15H19BrN2O. The first-order chi connectivity index (χ1) is 9.13. The number of hydrogen-bond donors (Lipinski definition) is 1. The number of rotatable bonds is 2. The van der Waals surface area contributed by atoms with E-state index in [1.807, 2.05) is 25.1 Å². The van der Waals surface area contributed by atoms with Gasteiger partial charge in [0.25, 0.3) is 5.91 Å². The predicted octanol–water partition coefficient (Wildman–Crippen LogP) is 2.58. The second kappa shape index (κ2) is 5.25. The third-order valence-electron chi connectivity index (χ3n) is 4.34. The van der Waals surface area contributed by atoms with Gasteiger partial charge in [-0.25, -0.2) is 0 Å². The third kappa shape index (κ3) is 2.70. The van der Waals surface area contributed by atoms with Crippen LogP contribution in [0.1, 0.15) is 28.8 Å². The number of benzene rings is 1. The summed E-state index contributed by atoms with van der Waals surface area (Å²) in [7, 11) is 0. The summed E-state index contributed by atoms with van der Waals surface area (Å²) in [4.78, 5) is 14.9. The van der Waals surface area contributed by atoms with Gasteiger partial charge in [0.15, 0.2) is 0 Å². The van der Waals surface area contributed by atoms with Gasteiger partial charge in [-0.2, -0.15) is 0 Å². The lowest BCUT2D eigenvalue weighted by Crippen LogP contribution is -2.57. The van der Waals surface area contributed by atoms with Gasteiger partial charge in [0, 0.05) is 17.1 Å². The number of hydrogen-bond acceptors (Lipinski definition) is 2. The van der Waals surface area contributed by atoms with Gasteiger partial charge >= 0.3 is 0 Å². The Morgan fingerprint density at radius 2 is 2.11 bits per heavy atom. The molecule has 4 rings (SSSR count). The number of nitrogens with zero attached hydrogens (tertiary/aromatic N) is 1. The van der Waals surface area contributed by atoms with Gasteiger partial charge < -0.3 is 10.2 Å². The van der Waals surface area contributed by atoms with Crippen LogP contribution in [-0.4, -0.2) is 36.5 Å². The number of halogens is 1. The maximum Gasteiger partial charge on any atom is 0.252 e. The summed E-state index contributed by atoms with van der Waals surface area (Å²) in [5.74, 6) is 0.715. The first-order valence-corrected chi connectivity index (χ1v) is 7.72. The van der Waals surface area contributed by atoms with E-state index in [0.29, 0.717) is 12.0 Å². The minimum atomic E-state index is 0.0503. The predicted molar refractivity (Wildman–Crippen MR) is 79.3 cm³/mol. The number of carbonyl (C=O) groups excluding carboxylic acids is 1. The molecule has 3 fully saturated rings. The number of nitrogens with one attached hydrogen (secondary N) is 1. The van der Waals surface area contributed by atoms with Gasteiger partial charge in [-0.3, -0.25) is 4.79 Å². The molecule has 0 aliphatic carbocycles. The first-order valence-electron chi connectivity index (χ1n) is 6.93. The Hall–Kier alpha value is -0.870. The Balaban J connectivity index is 1.73. The molecule has 0 spiro atoms. The summed E-state index contributed by atoms with van der Waals surface area (Å²) >= 11 is 3.47. The summed E-state index contributed by atoms with van der Waals surface area (Å²) in [5, 5.41) is 3.22. The van der Waals surface area contributed by atoms with Crippen molar-refractivity contribution in [1.29, 1.82) is 0 Å². The topological polar surface area (TPSA) is 32.3 Å². The number of fused-ring (bicyclic) bond motifs is 3. The number of aryl methyl sites for hydroxylation is 1. The highest BCUT2D eigenvalue weighted by Crippen LogP contribution is 2.28. The van der Waals surface area contributed by atoms with Crippen LogP contribution >= 0.6 is 15.9 Å². The van der Waals surface area contributed by atoms with E-state index in [0.717, 1.165) is 22.1 Å². The van der Waals surface area contributed by atoms with Crippen molar-refractivity contribution in [3.63, 3.8) is 0 Å². The number of amides is 1. The van der Waals surface area contributed by atoms with Gasteiger partial charge in [0.05, 0.1) is 5.56 Å². The second-order valence-corrected chi connectivity index (χ2v) is 6.56. The van der Waals surface area contributed by atoms with Gasteiger partial charge in [0.2, 0.25) is 0 Å². The van der Waals surface area contributed by atoms with Crippen LogP contribution in [0.3, 0.4) is 0 Å². The average Bonchev–Trinajstić information content (AvgIpc) is 2.43. The van der Waals surface area contributed by atoms with E-state index in [4.69, 9.17) is 0 Å². The number of piperidine rings is 3. The minimum Gasteiger partial charge on any atom is -0.348 e. The highest BCUT2D eigenvalue weighted by molar-refractivity contribution is 9.10. The van der Waals surface area contributed by atoms with Crippen molar-refractivity contribution in [3.8, 4) is 0 Å². The zero-order valence-electron chi connectivity index (χ0n) is 11.2. The lowest BCUT2D eigenvalue weighted by Gasteiger charge is -2.44. The van der Waals surface area contributed by atoms with Crippen LogP contribution in [0.5, 0.6) is 0 Å². The standard InChI is InChI=1S/C15H19BrN2O/c1-10-2-3-13(16)12(8-10)15(19)17-14-9-18-6-4-11(14)5-7-18/h2-3,8,11,14H,4-7,9H2,1H3,(H,17,19). The molecule has 0 saturated carbocycles. The summed E-state index contributed by atoms with van der Waals surface area (Å²) < 4.78 is 0.872. The van der Waals surface area contributed by atoms with Crippen molar-refractivity contribution in [2.75, 3.05) is 19.6 Å². The molecule has 1 aromatic rings. The minimum absolute atomic E-state index is 0.0503. The Kier molecular flexibility index (Phi) is 3.63. The summed E-state index contributed by atoms with van der Waals surface area (Å²) in [6, 6.07) is 6.22. The molecule has 1 amide bonds. The molecular weight excluding hydrogens is 304 g/mol. The molecule has 102 valence electrons. The van der Waals surface area contributed by atoms with Crippen LogP contribution in [0, 0.1) is 12.8 Å². The van der Waals surface area contributed by atoms with Crippen molar-refractivity contribution < 1.29 is 4.79 Å². The molecule has 0 aromatic heterocycles. The highest BCUT2D eigenvalue weighted by atomic mass is 79.9. The van der Waals surface area contributed by atoms with E-state index in [2.05, 4.69) is 26.1 Å². The lowest BCUT2D eigenvalue weighted by molar-refractivity contribution is 0.0620. The average molecular weight is 323 g/mol. The molecule has 19 heavy (non-hydrogen) atoms. The highest BCUT2D eigenvalue weighted by Gasteiger charge is 2.35. The SMILES string of the molecule is Cc1ccc(Br)c(C(=O)NC2CN3CCC2CC3)c1. The fourth-order valence-corrected chi connectivity index (χ4v) is 3.61. The van der Waals surface area contributed by atoms with Gasteiger partial charge in [0.1, 0.15) is 0 Å². The van der Waals surface area contributed by atoms with Crippen LogP contribution in [-0.2, 0) is 0 Å². The second-order valence-electron chi connectivity index (χ2n) is 5.70. The molecule has 3 aliphatic heterocycles. The van der Waals surface area contributed by atoms with Gasteiger partial charge in [-0.1, -0.05) is 11.6 Å². The van der Waals surface area contributed by atoms with E-state index in [9.17, 15) is 4.79 Å². The fourth-order valence-electron chi connectivity index (χ4n) is 3.19. The molecule has 0 radical (unpaired) electrons. The van der Waals surface area contributed by atoms with Gasteiger partial charge in [-0.15, -0.1) is 0 Å². The van der Waals surface area contributed by atoms with Crippen molar-refractivity contribution in [3.05, 3.63) is 33.8 Å². The largest absolute Gasteiger partial charge is 0.348 e. The Morgan fingerprint density at radius 1 is 1.37 bits per heavy atom. The zero-order chi connectivity index (χ0) is 13.4. The lowest BCUT2D eigenvalue weighted by atomic mass is 9.84. The van der Waals surface area contributed by atoms with Crippen molar-refractivity contribution >= 4 is 21.8 Å². The molecule has 3 nitrogen and oxygen atoms in total. The quantitative estimate of drug-likeness (QED) is 0.907. The van der Waals surface area contributed by atoms with Crippen LogP contribution in [0.25, 0.3) is 0 Å². The van der Waals surface area contributed by atoms with Crippen molar-refractivity contribution in [2.24, 2.45) is 5.92 Å². The van der Waals surface area contributed by atoms with Crippen LogP contribution in [0.2, 0.25) is 0 Å². The summed E-state index contributed by atoms with van der Waals surface area (Å²) in [6.45, 7) is 5.42. The molecule has 1 atom stereocenters. The van der Waals surface area contributed by atoms with Crippen LogP contribution < -0.4 is 5.32 Å². The van der Waals surface area contributed by atoms with E-state index < -0.39 is 0 Å². The van der Waals surface area contributed by atoms with E-state index in [1.54, 1.807) is 0 Å². The first kappa shape index (κ1) is 13.1. The van der Waals surface area contributed by atoms with Crippen LogP contribution in [0.15, 0.2) is 22.7 Å². The Labute approximate surface area is 122 Å². The normalized spacial score (nSPS) is 29.3. The van der Waals surface area contributed by atoms with E-state index in [-0.39, 0.29) is 5.91 Å². The summed E-state index contributed by atoms with van der Waals surface area (Å²) in [5.41, 5.74) is 1.86. The maximum atomic E-state index is 12.4. The fraction of sp³-hybridized carbons (Fsp3) is 0.533. The molecule has 3 aliphatic rings. The Bertz CT molecular complexity index is 495. The van der Waals surface area contributed by atoms with E-state index >= 15 is 0 Å². The maximum absolute atomic E-state index is 12.4. The van der Waals surface area contributed by atoms with Gasteiger partial charge in [-0.05, 0) is 66.8 Å². The van der Waals surface area contributed by atoms with Crippen molar-refractivity contribution in [1.82, 2.24) is 10.2 Å². The molecule has 3 heterocycles. The molecule has 2 bridgehead atoms. The van der Waals surface area contributed by atoms with E-state index in [1.165, 1.54) is 25.9 Å². The molecule has 1 unspecified atom stereocenters. The van der Waals surface area contributed by atoms with Crippen molar-refractivity contribution in [2.45, 2.75) is 25.8 Å². The zero-order valence-corrected chi connectivity index (χ0v) is 12.7. The molecule has 1 N–H and O–H groups in total. The third-order valence-corrected chi connectivity index (χ3v) is 5.03. The summed E-state index contributed by atoms with van der Waals surface area (Å²) in [6.07, 6.45) is 2.44. The molecule has 3 saturated heterocycles. The molecule has 1 aromatic carbocycles. The van der Waals surface area contributed by atoms with Crippen LogP contribution in [0.4, 0.5) is 0 Å². The molecule has 4 heteroatoms. The number of carbonyl (C=O) groups is 1. The smallest absolute Gasteiger partial charge is 0.252 e. The monoisotopic (exact) mass is 322 g/mol.